The summed E-state index contributed by atoms with van der Waals surface area (Å²) in [6.45, 7) is 3.51. The van der Waals surface area contributed by atoms with Crippen LogP contribution in [0.5, 0.6) is 5.75 Å². The molecule has 0 aliphatic carbocycles. The van der Waals surface area contributed by atoms with Crippen LogP contribution in [0.3, 0.4) is 0 Å². The molecule has 0 fully saturated rings. The molecule has 2 rings (SSSR count). The molecule has 0 saturated heterocycles. The van der Waals surface area contributed by atoms with Crippen molar-refractivity contribution >= 4 is 35.0 Å². The number of para-hydroxylation sites is 1. The number of benzene rings is 1. The SMILES string of the molecule is CNCC(=O)Nc1ccc(/N=N/c2ccccc2OCOC(=O)NC(C)C)c(N)n1. The molecule has 160 valence electrons. The van der Waals surface area contributed by atoms with E-state index in [9.17, 15) is 9.59 Å². The van der Waals surface area contributed by atoms with Gasteiger partial charge in [-0.25, -0.2) is 9.78 Å². The lowest BCUT2D eigenvalue weighted by Gasteiger charge is -2.11. The van der Waals surface area contributed by atoms with Crippen molar-refractivity contribution in [2.24, 2.45) is 10.2 Å². The van der Waals surface area contributed by atoms with Crippen molar-refractivity contribution in [3.8, 4) is 5.75 Å². The number of nitrogen functional groups attached to an aromatic ring is 1. The summed E-state index contributed by atoms with van der Waals surface area (Å²) in [4.78, 5) is 27.2. The fourth-order valence-electron chi connectivity index (χ4n) is 2.16. The van der Waals surface area contributed by atoms with Gasteiger partial charge >= 0.3 is 6.09 Å². The second-order valence-electron chi connectivity index (χ2n) is 6.34. The van der Waals surface area contributed by atoms with Crippen molar-refractivity contribution in [1.29, 1.82) is 0 Å². The number of nitrogens with zero attached hydrogens (tertiary/aromatic N) is 3. The van der Waals surface area contributed by atoms with E-state index in [4.69, 9.17) is 15.2 Å². The number of alkyl carbamates (subject to hydrolysis) is 1. The van der Waals surface area contributed by atoms with Gasteiger partial charge in [0.2, 0.25) is 12.7 Å². The van der Waals surface area contributed by atoms with Crippen LogP contribution in [-0.4, -0.2) is 43.4 Å². The number of aromatic nitrogens is 1. The van der Waals surface area contributed by atoms with Gasteiger partial charge in [-0.1, -0.05) is 12.1 Å². The van der Waals surface area contributed by atoms with Gasteiger partial charge in [0.15, 0.2) is 11.6 Å². The van der Waals surface area contributed by atoms with E-state index in [0.717, 1.165) is 0 Å². The maximum absolute atomic E-state index is 11.6. The zero-order valence-electron chi connectivity index (χ0n) is 17.0. The fraction of sp³-hybridized carbons (Fsp3) is 0.316. The Hall–Kier alpha value is -3.73. The number of pyridine rings is 1. The van der Waals surface area contributed by atoms with Crippen LogP contribution in [0.25, 0.3) is 0 Å². The Labute approximate surface area is 174 Å². The van der Waals surface area contributed by atoms with Gasteiger partial charge in [0.25, 0.3) is 0 Å². The Bertz CT molecular complexity index is 902. The van der Waals surface area contributed by atoms with E-state index in [1.54, 1.807) is 43.4 Å². The first-order chi connectivity index (χ1) is 14.4. The smallest absolute Gasteiger partial charge is 0.410 e. The zero-order chi connectivity index (χ0) is 21.9. The van der Waals surface area contributed by atoms with Crippen LogP contribution in [0.2, 0.25) is 0 Å². The van der Waals surface area contributed by atoms with Crippen molar-refractivity contribution in [2.45, 2.75) is 19.9 Å². The first kappa shape index (κ1) is 22.6. The Kier molecular flexibility index (Phi) is 8.51. The van der Waals surface area contributed by atoms with Crippen LogP contribution in [0.4, 0.5) is 27.8 Å². The number of anilines is 2. The molecule has 0 atom stereocenters. The third kappa shape index (κ3) is 7.36. The Morgan fingerprint density at radius 1 is 1.13 bits per heavy atom. The first-order valence-electron chi connectivity index (χ1n) is 9.17. The predicted octanol–water partition coefficient (Wildman–Crippen LogP) is 2.71. The standard InChI is InChI=1S/C19H25N7O4/c1-12(2)22-19(28)30-11-29-15-7-5-4-6-13(15)25-26-14-8-9-16(24-18(14)20)23-17(27)10-21-3/h4-9,12,21H,10-11H2,1-3H3,(H,22,28)(H3,20,23,24,27)/b26-25+. The molecule has 2 aromatic rings. The average molecular weight is 415 g/mol. The minimum atomic E-state index is -0.579. The normalized spacial score (nSPS) is 10.8. The number of nitrogens with one attached hydrogen (secondary N) is 3. The van der Waals surface area contributed by atoms with Crippen LogP contribution < -0.4 is 26.4 Å². The molecule has 0 bridgehead atoms. The number of carbonyl (C=O) groups excluding carboxylic acids is 2. The van der Waals surface area contributed by atoms with E-state index in [1.807, 2.05) is 13.8 Å². The number of ether oxygens (including phenoxy) is 2. The van der Waals surface area contributed by atoms with E-state index < -0.39 is 6.09 Å². The fourth-order valence-corrected chi connectivity index (χ4v) is 2.16. The van der Waals surface area contributed by atoms with E-state index in [0.29, 0.717) is 22.9 Å². The summed E-state index contributed by atoms with van der Waals surface area (Å²) in [5, 5.41) is 16.1. The quantitative estimate of drug-likeness (QED) is 0.363. The highest BCUT2D eigenvalue weighted by molar-refractivity contribution is 5.91. The number of azo groups is 1. The maximum Gasteiger partial charge on any atom is 0.410 e. The zero-order valence-corrected chi connectivity index (χ0v) is 17.0. The third-order valence-corrected chi connectivity index (χ3v) is 3.45. The van der Waals surface area contributed by atoms with E-state index in [1.165, 1.54) is 0 Å². The van der Waals surface area contributed by atoms with Gasteiger partial charge in [0, 0.05) is 6.04 Å². The lowest BCUT2D eigenvalue weighted by molar-refractivity contribution is -0.115. The van der Waals surface area contributed by atoms with Crippen LogP contribution in [0, 0.1) is 0 Å². The molecule has 0 saturated carbocycles. The summed E-state index contributed by atoms with van der Waals surface area (Å²) in [5.41, 5.74) is 6.64. The molecule has 0 spiro atoms. The number of rotatable bonds is 9. The number of nitrogens with two attached hydrogens (primary N) is 1. The number of hydrogen-bond donors (Lipinski definition) is 4. The molecular formula is C19H25N7O4. The van der Waals surface area contributed by atoms with Crippen molar-refractivity contribution in [3.05, 3.63) is 36.4 Å². The van der Waals surface area contributed by atoms with Gasteiger partial charge < -0.3 is 31.2 Å². The topological polar surface area (TPSA) is 152 Å². The first-order valence-corrected chi connectivity index (χ1v) is 9.17. The van der Waals surface area contributed by atoms with E-state index in [2.05, 4.69) is 31.2 Å². The molecule has 0 aliphatic heterocycles. The molecule has 0 radical (unpaired) electrons. The molecule has 1 heterocycles. The Morgan fingerprint density at radius 3 is 2.57 bits per heavy atom. The lowest BCUT2D eigenvalue weighted by Crippen LogP contribution is -2.31. The highest BCUT2D eigenvalue weighted by Gasteiger charge is 2.08. The van der Waals surface area contributed by atoms with Crippen LogP contribution in [-0.2, 0) is 9.53 Å². The number of hydrogen-bond acceptors (Lipinski definition) is 9. The molecule has 0 unspecified atom stereocenters. The second kappa shape index (κ2) is 11.3. The minimum absolute atomic E-state index is 0.0410. The van der Waals surface area contributed by atoms with Crippen LogP contribution >= 0.6 is 0 Å². The number of amides is 2. The average Bonchev–Trinajstić information content (AvgIpc) is 2.68. The summed E-state index contributed by atoms with van der Waals surface area (Å²) in [5.74, 6) is 0.551. The monoisotopic (exact) mass is 415 g/mol. The summed E-state index contributed by atoms with van der Waals surface area (Å²) in [6.07, 6.45) is -0.579. The predicted molar refractivity (Wildman–Crippen MR) is 112 cm³/mol. The van der Waals surface area contributed by atoms with Crippen LogP contribution in [0.1, 0.15) is 13.8 Å². The molecule has 1 aromatic heterocycles. The summed E-state index contributed by atoms with van der Waals surface area (Å²) < 4.78 is 10.4. The van der Waals surface area contributed by atoms with Gasteiger partial charge in [-0.05, 0) is 45.2 Å². The molecule has 5 N–H and O–H groups in total. The summed E-state index contributed by atoms with van der Waals surface area (Å²) >= 11 is 0. The molecule has 0 aliphatic rings. The van der Waals surface area contributed by atoms with E-state index in [-0.39, 0.29) is 31.1 Å². The van der Waals surface area contributed by atoms with Crippen molar-refractivity contribution < 1.29 is 19.1 Å². The molecule has 1 aromatic carbocycles. The van der Waals surface area contributed by atoms with Gasteiger partial charge in [-0.3, -0.25) is 4.79 Å². The summed E-state index contributed by atoms with van der Waals surface area (Å²) in [7, 11) is 1.67. The van der Waals surface area contributed by atoms with E-state index >= 15 is 0 Å². The molecule has 2 amide bonds. The molecule has 11 heteroatoms. The molecule has 30 heavy (non-hydrogen) atoms. The van der Waals surface area contributed by atoms with Gasteiger partial charge in [0.1, 0.15) is 17.2 Å². The van der Waals surface area contributed by atoms with Crippen LogP contribution in [0.15, 0.2) is 46.6 Å². The Morgan fingerprint density at radius 2 is 1.87 bits per heavy atom. The minimum Gasteiger partial charge on any atom is -0.455 e. The second-order valence-corrected chi connectivity index (χ2v) is 6.34. The largest absolute Gasteiger partial charge is 0.455 e. The highest BCUT2D eigenvalue weighted by Crippen LogP contribution is 2.30. The third-order valence-electron chi connectivity index (χ3n) is 3.45. The lowest BCUT2D eigenvalue weighted by atomic mass is 10.3. The Balaban J connectivity index is 2.02. The number of likely N-dealkylation sites (N-methyl/N-ethyl adjacent to an activating group) is 1. The van der Waals surface area contributed by atoms with Gasteiger partial charge in [-0.2, -0.15) is 0 Å². The number of carbonyl (C=O) groups is 2. The van der Waals surface area contributed by atoms with Crippen molar-refractivity contribution in [3.63, 3.8) is 0 Å². The maximum atomic E-state index is 11.6. The van der Waals surface area contributed by atoms with Gasteiger partial charge in [0.05, 0.1) is 6.54 Å². The molecule has 11 nitrogen and oxygen atoms in total. The molecular weight excluding hydrogens is 390 g/mol. The van der Waals surface area contributed by atoms with Crippen molar-refractivity contribution in [1.82, 2.24) is 15.6 Å². The van der Waals surface area contributed by atoms with Crippen molar-refractivity contribution in [2.75, 3.05) is 31.4 Å². The summed E-state index contributed by atoms with van der Waals surface area (Å²) in [6, 6.07) is 9.98. The highest BCUT2D eigenvalue weighted by atomic mass is 16.7. The van der Waals surface area contributed by atoms with Gasteiger partial charge in [-0.15, -0.1) is 10.2 Å².